The van der Waals surface area contributed by atoms with E-state index in [9.17, 15) is 5.11 Å². The Kier molecular flexibility index (Phi) is 7.00. The van der Waals surface area contributed by atoms with Crippen LogP contribution in [0.15, 0.2) is 60.8 Å². The van der Waals surface area contributed by atoms with E-state index in [2.05, 4.69) is 46.3 Å². The lowest BCUT2D eigenvalue weighted by Gasteiger charge is -2.39. The molecule has 1 atom stereocenters. The Morgan fingerprint density at radius 1 is 1.03 bits per heavy atom. The predicted octanol–water partition coefficient (Wildman–Crippen LogP) is 3.12. The lowest BCUT2D eigenvalue weighted by atomic mass is 9.74. The molecule has 1 spiro atoms. The standard InChI is InChI=1S/C24H26N2O2.C2H2O4/c27-19(17-28-23-7-3-6-22-20(23)9-13-25-22)16-26-14-11-24(12-15-26)10-8-18-4-1-2-5-21(18)24;3-1(4)2(5)6/h1-10,13,19,25,27H,11-12,14-17H2;(H,3,4)(H,5,6)/t19-;/m0./s1. The number of likely N-dealkylation sites (tertiary alicyclic amines) is 1. The lowest BCUT2D eigenvalue weighted by molar-refractivity contribution is -0.159. The highest BCUT2D eigenvalue weighted by atomic mass is 16.5. The molecule has 3 aromatic rings. The van der Waals surface area contributed by atoms with Gasteiger partial charge < -0.3 is 29.9 Å². The number of β-amino-alcohol motifs (C(OH)–C–C–N with tert-alkyl or cyclic N) is 1. The van der Waals surface area contributed by atoms with Gasteiger partial charge in [0.2, 0.25) is 0 Å². The van der Waals surface area contributed by atoms with Gasteiger partial charge in [-0.25, -0.2) is 9.59 Å². The Morgan fingerprint density at radius 3 is 2.50 bits per heavy atom. The van der Waals surface area contributed by atoms with E-state index < -0.39 is 18.0 Å². The molecule has 1 aliphatic heterocycles. The molecule has 0 radical (unpaired) electrons. The number of allylic oxidation sites excluding steroid dienone is 1. The summed E-state index contributed by atoms with van der Waals surface area (Å²) in [6, 6.07) is 16.7. The van der Waals surface area contributed by atoms with Crippen LogP contribution in [0.1, 0.15) is 24.0 Å². The van der Waals surface area contributed by atoms with E-state index in [0.29, 0.717) is 13.2 Å². The molecule has 4 N–H and O–H groups in total. The number of hydrogen-bond donors (Lipinski definition) is 4. The number of aromatic nitrogens is 1. The Hall–Kier alpha value is -3.62. The van der Waals surface area contributed by atoms with Crippen LogP contribution in [0, 0.1) is 0 Å². The number of nitrogens with one attached hydrogen (secondary N) is 1. The molecule has 178 valence electrons. The van der Waals surface area contributed by atoms with Gasteiger partial charge in [-0.3, -0.25) is 0 Å². The molecule has 0 unspecified atom stereocenters. The summed E-state index contributed by atoms with van der Waals surface area (Å²) in [7, 11) is 0. The monoisotopic (exact) mass is 464 g/mol. The Balaban J connectivity index is 0.000000408. The van der Waals surface area contributed by atoms with Crippen molar-refractivity contribution in [2.45, 2.75) is 24.4 Å². The van der Waals surface area contributed by atoms with Crippen molar-refractivity contribution in [3.05, 3.63) is 71.9 Å². The molecular formula is C26H28N2O6. The van der Waals surface area contributed by atoms with Crippen LogP contribution < -0.4 is 4.74 Å². The van der Waals surface area contributed by atoms with Crippen molar-refractivity contribution in [3.63, 3.8) is 0 Å². The second kappa shape index (κ2) is 10.1. The van der Waals surface area contributed by atoms with Crippen LogP contribution in [0.4, 0.5) is 0 Å². The Morgan fingerprint density at radius 2 is 1.76 bits per heavy atom. The first-order valence-corrected chi connectivity index (χ1v) is 11.2. The minimum absolute atomic E-state index is 0.193. The van der Waals surface area contributed by atoms with Crippen molar-refractivity contribution < 1.29 is 29.6 Å². The maximum atomic E-state index is 10.5. The summed E-state index contributed by atoms with van der Waals surface area (Å²) in [6.45, 7) is 2.98. The number of aliphatic hydroxyl groups excluding tert-OH is 1. The number of rotatable bonds is 5. The van der Waals surface area contributed by atoms with Crippen LogP contribution in [0.25, 0.3) is 17.0 Å². The van der Waals surface area contributed by atoms with E-state index in [1.54, 1.807) is 0 Å². The summed E-state index contributed by atoms with van der Waals surface area (Å²) in [5.41, 5.74) is 4.08. The first-order chi connectivity index (χ1) is 16.4. The number of ether oxygens (including phenoxy) is 1. The number of carboxylic acids is 2. The number of benzene rings is 2. The van der Waals surface area contributed by atoms with Gasteiger partial charge in [0.25, 0.3) is 0 Å². The summed E-state index contributed by atoms with van der Waals surface area (Å²) in [6.07, 6.45) is 8.30. The van der Waals surface area contributed by atoms with Crippen molar-refractivity contribution in [1.29, 1.82) is 0 Å². The third kappa shape index (κ3) is 5.13. The van der Waals surface area contributed by atoms with Crippen LogP contribution in [-0.4, -0.2) is 69.5 Å². The van der Waals surface area contributed by atoms with E-state index >= 15 is 0 Å². The van der Waals surface area contributed by atoms with E-state index in [-0.39, 0.29) is 5.41 Å². The number of hydrogen-bond acceptors (Lipinski definition) is 5. The van der Waals surface area contributed by atoms with Gasteiger partial charge in [-0.1, -0.05) is 42.5 Å². The van der Waals surface area contributed by atoms with Gasteiger partial charge in [0.05, 0.1) is 0 Å². The number of aliphatic hydroxyl groups is 1. The van der Waals surface area contributed by atoms with Crippen LogP contribution in [0.5, 0.6) is 5.75 Å². The second-order valence-corrected chi connectivity index (χ2v) is 8.65. The fraction of sp³-hybridized carbons (Fsp3) is 0.308. The number of H-pyrrole nitrogens is 1. The number of fused-ring (bicyclic) bond motifs is 3. The highest BCUT2D eigenvalue weighted by Crippen LogP contribution is 2.43. The fourth-order valence-electron chi connectivity index (χ4n) is 4.72. The molecule has 0 bridgehead atoms. The summed E-state index contributed by atoms with van der Waals surface area (Å²) in [5, 5.41) is 26.4. The van der Waals surface area contributed by atoms with Gasteiger partial charge in [-0.05, 0) is 55.3 Å². The van der Waals surface area contributed by atoms with Gasteiger partial charge >= 0.3 is 11.9 Å². The fourth-order valence-corrected chi connectivity index (χ4v) is 4.72. The molecule has 34 heavy (non-hydrogen) atoms. The quantitative estimate of drug-likeness (QED) is 0.428. The summed E-state index contributed by atoms with van der Waals surface area (Å²) >= 11 is 0. The lowest BCUT2D eigenvalue weighted by Crippen LogP contribution is -2.45. The molecule has 1 aromatic heterocycles. The number of aliphatic carboxylic acids is 2. The number of piperidine rings is 1. The van der Waals surface area contributed by atoms with E-state index in [4.69, 9.17) is 24.5 Å². The second-order valence-electron chi connectivity index (χ2n) is 8.65. The van der Waals surface area contributed by atoms with Crippen LogP contribution in [-0.2, 0) is 15.0 Å². The van der Waals surface area contributed by atoms with Gasteiger partial charge in [-0.2, -0.15) is 0 Å². The molecule has 2 heterocycles. The van der Waals surface area contributed by atoms with Gasteiger partial charge in [0, 0.05) is 29.1 Å². The van der Waals surface area contributed by atoms with E-state index in [1.165, 1.54) is 11.1 Å². The van der Waals surface area contributed by atoms with Crippen molar-refractivity contribution in [2.24, 2.45) is 0 Å². The zero-order valence-corrected chi connectivity index (χ0v) is 18.7. The molecule has 0 amide bonds. The molecule has 1 aliphatic carbocycles. The molecule has 1 saturated heterocycles. The number of nitrogens with zero attached hydrogens (tertiary/aromatic N) is 1. The molecule has 1 fully saturated rings. The third-order valence-corrected chi connectivity index (χ3v) is 6.47. The molecule has 8 heteroatoms. The average molecular weight is 465 g/mol. The van der Waals surface area contributed by atoms with Gasteiger partial charge in [0.1, 0.15) is 18.5 Å². The summed E-state index contributed by atoms with van der Waals surface area (Å²) in [5.74, 6) is -2.83. The maximum Gasteiger partial charge on any atom is 0.414 e. The molecule has 2 aromatic carbocycles. The smallest absolute Gasteiger partial charge is 0.414 e. The summed E-state index contributed by atoms with van der Waals surface area (Å²) in [4.78, 5) is 23.8. The molecule has 5 rings (SSSR count). The van der Waals surface area contributed by atoms with Crippen LogP contribution in [0.3, 0.4) is 0 Å². The highest BCUT2D eigenvalue weighted by Gasteiger charge is 2.37. The van der Waals surface area contributed by atoms with Crippen molar-refractivity contribution in [2.75, 3.05) is 26.2 Å². The average Bonchev–Trinajstić information content (AvgIpc) is 3.46. The third-order valence-electron chi connectivity index (χ3n) is 6.47. The zero-order chi connectivity index (χ0) is 24.1. The number of carbonyl (C=O) groups is 2. The first kappa shape index (κ1) is 23.5. The zero-order valence-electron chi connectivity index (χ0n) is 18.7. The molecular weight excluding hydrogens is 436 g/mol. The SMILES string of the molecule is O=C(O)C(=O)O.O[C@H](COc1cccc2[nH]ccc12)CN1CCC2(C=Cc3ccccc32)CC1. The molecule has 2 aliphatic rings. The maximum absolute atomic E-state index is 10.5. The van der Waals surface area contributed by atoms with Gasteiger partial charge in [0.15, 0.2) is 0 Å². The van der Waals surface area contributed by atoms with Crippen LogP contribution in [0.2, 0.25) is 0 Å². The number of aromatic amines is 1. The number of carboxylic acid groups (broad SMARTS) is 2. The largest absolute Gasteiger partial charge is 0.490 e. The topological polar surface area (TPSA) is 123 Å². The van der Waals surface area contributed by atoms with Gasteiger partial charge in [-0.15, -0.1) is 0 Å². The molecule has 0 saturated carbocycles. The van der Waals surface area contributed by atoms with Crippen molar-refractivity contribution >= 4 is 28.9 Å². The van der Waals surface area contributed by atoms with Crippen molar-refractivity contribution in [3.8, 4) is 5.75 Å². The minimum atomic E-state index is -1.82. The van der Waals surface area contributed by atoms with E-state index in [1.807, 2.05) is 30.5 Å². The highest BCUT2D eigenvalue weighted by molar-refractivity contribution is 6.27. The van der Waals surface area contributed by atoms with E-state index in [0.717, 1.165) is 42.6 Å². The van der Waals surface area contributed by atoms with Crippen LogP contribution >= 0.6 is 0 Å². The normalized spacial score (nSPS) is 17.1. The molecule has 8 nitrogen and oxygen atoms in total. The Bertz CT molecular complexity index is 1180. The van der Waals surface area contributed by atoms with Crippen molar-refractivity contribution in [1.82, 2.24) is 9.88 Å². The minimum Gasteiger partial charge on any atom is -0.490 e. The Labute approximate surface area is 197 Å². The predicted molar refractivity (Wildman–Crippen MR) is 128 cm³/mol. The summed E-state index contributed by atoms with van der Waals surface area (Å²) < 4.78 is 5.91. The first-order valence-electron chi connectivity index (χ1n) is 11.2.